The van der Waals surface area contributed by atoms with Crippen LogP contribution in [0.25, 0.3) is 0 Å². The molecule has 0 unspecified atom stereocenters. The molecule has 19 heavy (non-hydrogen) atoms. The van der Waals surface area contributed by atoms with Crippen LogP contribution in [0.2, 0.25) is 0 Å². The van der Waals surface area contributed by atoms with Crippen molar-refractivity contribution in [3.05, 3.63) is 54.1 Å². The first-order valence-electron chi connectivity index (χ1n) is 6.28. The first-order chi connectivity index (χ1) is 9.29. The number of hydrogen-bond acceptors (Lipinski definition) is 3. The molecule has 98 valence electrons. The number of carbonyl (C=O) groups is 1. The Bertz CT molecular complexity index is 527. The number of hydrogen-bond donors (Lipinski definition) is 2. The lowest BCUT2D eigenvalue weighted by Gasteiger charge is -2.05. The monoisotopic (exact) mass is 255 g/mol. The highest BCUT2D eigenvalue weighted by atomic mass is 16.1. The highest BCUT2D eigenvalue weighted by Crippen LogP contribution is 2.11. The van der Waals surface area contributed by atoms with Crippen LogP contribution < -0.4 is 10.6 Å². The third-order valence-corrected chi connectivity index (χ3v) is 2.65. The quantitative estimate of drug-likeness (QED) is 0.639. The van der Waals surface area contributed by atoms with Crippen molar-refractivity contribution in [2.75, 3.05) is 18.4 Å². The average Bonchev–Trinajstić information content (AvgIpc) is 2.94. The van der Waals surface area contributed by atoms with Gasteiger partial charge in [0.1, 0.15) is 5.84 Å². The Morgan fingerprint density at radius 3 is 2.74 bits per heavy atom. The van der Waals surface area contributed by atoms with Crippen LogP contribution >= 0.6 is 0 Å². The Kier molecular flexibility index (Phi) is 4.50. The fourth-order valence-corrected chi connectivity index (χ4v) is 1.74. The number of nitrogens with one attached hydrogen (secondary N) is 2. The van der Waals surface area contributed by atoms with E-state index >= 15 is 0 Å². The molecule has 0 bridgehead atoms. The van der Waals surface area contributed by atoms with Crippen molar-refractivity contribution in [1.29, 1.82) is 0 Å². The number of anilines is 1. The van der Waals surface area contributed by atoms with Crippen molar-refractivity contribution in [1.82, 2.24) is 5.32 Å². The number of rotatable bonds is 4. The van der Waals surface area contributed by atoms with Gasteiger partial charge in [-0.25, -0.2) is 0 Å². The summed E-state index contributed by atoms with van der Waals surface area (Å²) in [6.07, 6.45) is 6.89. The first-order valence-corrected chi connectivity index (χ1v) is 6.28. The van der Waals surface area contributed by atoms with Gasteiger partial charge in [-0.05, 0) is 31.2 Å². The van der Waals surface area contributed by atoms with Gasteiger partial charge in [0, 0.05) is 23.9 Å². The van der Waals surface area contributed by atoms with Crippen LogP contribution in [0.15, 0.2) is 53.6 Å². The summed E-state index contributed by atoms with van der Waals surface area (Å²) in [7, 11) is 0. The summed E-state index contributed by atoms with van der Waals surface area (Å²) in [6.45, 7) is 3.62. The van der Waals surface area contributed by atoms with Gasteiger partial charge in [0.05, 0.1) is 6.54 Å². The van der Waals surface area contributed by atoms with Crippen molar-refractivity contribution < 1.29 is 4.79 Å². The number of carbonyl (C=O) groups excluding carboxylic acids is 1. The van der Waals surface area contributed by atoms with Crippen LogP contribution in [0.4, 0.5) is 5.69 Å². The van der Waals surface area contributed by atoms with Crippen LogP contribution in [0.5, 0.6) is 0 Å². The molecule has 2 N–H and O–H groups in total. The maximum Gasteiger partial charge on any atom is 0.248 e. The molecule has 0 fully saturated rings. The molecule has 1 aromatic carbocycles. The minimum atomic E-state index is -0.137. The van der Waals surface area contributed by atoms with Crippen LogP contribution in [-0.4, -0.2) is 24.8 Å². The zero-order valence-electron chi connectivity index (χ0n) is 10.9. The highest BCUT2D eigenvalue weighted by molar-refractivity contribution is 6.01. The summed E-state index contributed by atoms with van der Waals surface area (Å²) >= 11 is 0. The van der Waals surface area contributed by atoms with E-state index < -0.39 is 0 Å². The van der Waals surface area contributed by atoms with Gasteiger partial charge in [-0.3, -0.25) is 9.79 Å². The molecule has 0 radical (unpaired) electrons. The van der Waals surface area contributed by atoms with Crippen molar-refractivity contribution >= 4 is 17.4 Å². The Hall–Kier alpha value is -2.36. The lowest BCUT2D eigenvalue weighted by atomic mass is 10.2. The summed E-state index contributed by atoms with van der Waals surface area (Å²) in [5.41, 5.74) is 1.82. The fraction of sp³-hybridized carbons (Fsp3) is 0.200. The second kappa shape index (κ2) is 6.54. The Labute approximate surface area is 112 Å². The molecule has 1 aliphatic rings. The molecule has 0 saturated carbocycles. The largest absolute Gasteiger partial charge is 0.368 e. The van der Waals surface area contributed by atoms with E-state index in [-0.39, 0.29) is 5.91 Å². The molecule has 1 aliphatic heterocycles. The van der Waals surface area contributed by atoms with E-state index in [0.29, 0.717) is 0 Å². The van der Waals surface area contributed by atoms with Gasteiger partial charge in [0.15, 0.2) is 0 Å². The molecule has 0 spiro atoms. The van der Waals surface area contributed by atoms with Crippen molar-refractivity contribution in [2.24, 2.45) is 4.99 Å². The standard InChI is InChI=1S/C15H17N3O/c1-2-3-4-5-14(19)18-13-8-6-12(7-9-13)15-16-10-11-17-15/h2-9H,10-11H2,1H3,(H,16,17)(H,18,19)/b3-2+,5-4+. The molecule has 4 nitrogen and oxygen atoms in total. The number of nitrogens with zero attached hydrogens (tertiary/aromatic N) is 1. The SMILES string of the molecule is C/C=C/C=C/C(=O)Nc1ccc(C2=NCCN2)cc1. The van der Waals surface area contributed by atoms with Gasteiger partial charge in [0.2, 0.25) is 5.91 Å². The van der Waals surface area contributed by atoms with Gasteiger partial charge < -0.3 is 10.6 Å². The molecule has 2 rings (SSSR count). The molecule has 1 heterocycles. The molecular weight excluding hydrogens is 238 g/mol. The number of aliphatic imine (C=N–C) groups is 1. The third-order valence-electron chi connectivity index (χ3n) is 2.65. The summed E-state index contributed by atoms with van der Waals surface area (Å²) in [4.78, 5) is 15.9. The Morgan fingerprint density at radius 2 is 2.11 bits per heavy atom. The van der Waals surface area contributed by atoms with Crippen molar-refractivity contribution in [3.63, 3.8) is 0 Å². The van der Waals surface area contributed by atoms with Crippen molar-refractivity contribution in [2.45, 2.75) is 6.92 Å². The second-order valence-corrected chi connectivity index (χ2v) is 4.11. The fourth-order valence-electron chi connectivity index (χ4n) is 1.74. The van der Waals surface area contributed by atoms with Crippen LogP contribution in [-0.2, 0) is 4.79 Å². The van der Waals surface area contributed by atoms with Gasteiger partial charge in [-0.15, -0.1) is 0 Å². The van der Waals surface area contributed by atoms with Crippen LogP contribution in [0.3, 0.4) is 0 Å². The summed E-state index contributed by atoms with van der Waals surface area (Å²) in [6, 6.07) is 7.64. The normalized spacial score (nSPS) is 14.7. The Balaban J connectivity index is 1.97. The predicted molar refractivity (Wildman–Crippen MR) is 78.4 cm³/mol. The minimum absolute atomic E-state index is 0.137. The van der Waals surface area contributed by atoms with Gasteiger partial charge in [-0.1, -0.05) is 18.2 Å². The van der Waals surface area contributed by atoms with Crippen LogP contribution in [0, 0.1) is 0 Å². The lowest BCUT2D eigenvalue weighted by Crippen LogP contribution is -2.19. The number of benzene rings is 1. The number of amidine groups is 1. The van der Waals surface area contributed by atoms with Crippen molar-refractivity contribution in [3.8, 4) is 0 Å². The van der Waals surface area contributed by atoms with Gasteiger partial charge in [0.25, 0.3) is 0 Å². The topological polar surface area (TPSA) is 53.5 Å². The predicted octanol–water partition coefficient (Wildman–Crippen LogP) is 2.11. The maximum atomic E-state index is 11.6. The number of allylic oxidation sites excluding steroid dienone is 3. The molecule has 0 saturated heterocycles. The minimum Gasteiger partial charge on any atom is -0.368 e. The van der Waals surface area contributed by atoms with E-state index in [1.165, 1.54) is 6.08 Å². The molecule has 4 heteroatoms. The smallest absolute Gasteiger partial charge is 0.248 e. The lowest BCUT2D eigenvalue weighted by molar-refractivity contribution is -0.111. The molecule has 0 aromatic heterocycles. The van der Waals surface area contributed by atoms with Gasteiger partial charge in [-0.2, -0.15) is 0 Å². The summed E-state index contributed by atoms with van der Waals surface area (Å²) in [5.74, 6) is 0.785. The Morgan fingerprint density at radius 1 is 1.32 bits per heavy atom. The zero-order valence-corrected chi connectivity index (χ0v) is 10.9. The molecular formula is C15H17N3O. The van der Waals surface area contributed by atoms with E-state index in [4.69, 9.17) is 0 Å². The maximum absolute atomic E-state index is 11.6. The van der Waals surface area contributed by atoms with E-state index in [1.807, 2.05) is 43.3 Å². The zero-order chi connectivity index (χ0) is 13.5. The van der Waals surface area contributed by atoms with Crippen LogP contribution in [0.1, 0.15) is 12.5 Å². The van der Waals surface area contributed by atoms with E-state index in [9.17, 15) is 4.79 Å². The second-order valence-electron chi connectivity index (χ2n) is 4.11. The first kappa shape index (κ1) is 13.1. The van der Waals surface area contributed by atoms with Gasteiger partial charge >= 0.3 is 0 Å². The van der Waals surface area contributed by atoms with E-state index in [0.717, 1.165) is 30.2 Å². The molecule has 1 amide bonds. The third kappa shape index (κ3) is 3.81. The number of amides is 1. The molecule has 0 atom stereocenters. The average molecular weight is 255 g/mol. The summed E-state index contributed by atoms with van der Waals surface area (Å²) < 4.78 is 0. The van der Waals surface area contributed by atoms with E-state index in [1.54, 1.807) is 6.08 Å². The molecule has 0 aliphatic carbocycles. The molecule has 1 aromatic rings. The summed E-state index contributed by atoms with van der Waals surface area (Å²) in [5, 5.41) is 6.01. The highest BCUT2D eigenvalue weighted by Gasteiger charge is 2.07. The van der Waals surface area contributed by atoms with E-state index in [2.05, 4.69) is 15.6 Å².